The highest BCUT2D eigenvalue weighted by atomic mass is 16.6. The van der Waals surface area contributed by atoms with Crippen molar-refractivity contribution in [3.05, 3.63) is 63.5 Å². The lowest BCUT2D eigenvalue weighted by molar-refractivity contribution is -0.401. The highest BCUT2D eigenvalue weighted by Gasteiger charge is 2.10. The third-order valence-corrected chi connectivity index (χ3v) is 2.73. The zero-order chi connectivity index (χ0) is 14.7. The lowest BCUT2D eigenvalue weighted by atomic mass is 10.0. The number of carboxylic acid groups (broad SMARTS) is 1. The van der Waals surface area contributed by atoms with Gasteiger partial charge in [-0.05, 0) is 36.8 Å². The van der Waals surface area contributed by atoms with Gasteiger partial charge in [-0.2, -0.15) is 0 Å². The van der Waals surface area contributed by atoms with Crippen LogP contribution in [-0.4, -0.2) is 16.0 Å². The van der Waals surface area contributed by atoms with Crippen LogP contribution in [0, 0.1) is 17.0 Å². The standard InChI is InChI=1S/C14H11NO5/c1-9-8-10(14(16)17)2-4-12(9)13-5-3-11(20-13)6-7-15(18)19/h2-8H,1H3,(H,16,17)/b7-6+. The minimum Gasteiger partial charge on any atom is -0.478 e. The molecule has 1 aromatic carbocycles. The van der Waals surface area contributed by atoms with E-state index in [1.54, 1.807) is 31.2 Å². The highest BCUT2D eigenvalue weighted by Crippen LogP contribution is 2.26. The van der Waals surface area contributed by atoms with Gasteiger partial charge in [0.05, 0.1) is 16.6 Å². The summed E-state index contributed by atoms with van der Waals surface area (Å²) in [6, 6.07) is 7.98. The Bertz CT molecular complexity index is 699. The number of nitrogens with zero attached hydrogens (tertiary/aromatic N) is 1. The second-order valence-electron chi connectivity index (χ2n) is 4.14. The third-order valence-electron chi connectivity index (χ3n) is 2.73. The van der Waals surface area contributed by atoms with Crippen LogP contribution in [0.15, 0.2) is 40.9 Å². The van der Waals surface area contributed by atoms with Gasteiger partial charge in [0.15, 0.2) is 0 Å². The maximum atomic E-state index is 10.9. The molecular formula is C14H11NO5. The Kier molecular flexibility index (Phi) is 3.65. The normalized spacial score (nSPS) is 10.8. The first-order valence-electron chi connectivity index (χ1n) is 5.73. The zero-order valence-electron chi connectivity index (χ0n) is 10.6. The number of aryl methyl sites for hydroxylation is 1. The molecule has 102 valence electrons. The molecule has 0 unspecified atom stereocenters. The maximum absolute atomic E-state index is 10.9. The van der Waals surface area contributed by atoms with E-state index in [2.05, 4.69) is 0 Å². The van der Waals surface area contributed by atoms with E-state index in [0.717, 1.165) is 17.3 Å². The lowest BCUT2D eigenvalue weighted by Gasteiger charge is -2.03. The molecule has 2 aromatic rings. The van der Waals surface area contributed by atoms with Gasteiger partial charge in [0.1, 0.15) is 11.5 Å². The predicted octanol–water partition coefficient (Wildman–Crippen LogP) is 3.20. The van der Waals surface area contributed by atoms with Crippen molar-refractivity contribution in [2.45, 2.75) is 6.92 Å². The molecule has 6 heteroatoms. The zero-order valence-corrected chi connectivity index (χ0v) is 10.6. The van der Waals surface area contributed by atoms with E-state index in [-0.39, 0.29) is 5.56 Å². The molecule has 0 atom stereocenters. The van der Waals surface area contributed by atoms with Crippen molar-refractivity contribution in [3.8, 4) is 11.3 Å². The summed E-state index contributed by atoms with van der Waals surface area (Å²) in [6.07, 6.45) is 2.05. The van der Waals surface area contributed by atoms with E-state index in [0.29, 0.717) is 11.5 Å². The Labute approximate surface area is 114 Å². The van der Waals surface area contributed by atoms with Gasteiger partial charge < -0.3 is 9.52 Å². The first kappa shape index (κ1) is 13.5. The molecule has 20 heavy (non-hydrogen) atoms. The second-order valence-corrected chi connectivity index (χ2v) is 4.14. The van der Waals surface area contributed by atoms with Gasteiger partial charge in [0, 0.05) is 5.56 Å². The molecule has 2 rings (SSSR count). The van der Waals surface area contributed by atoms with Crippen LogP contribution < -0.4 is 0 Å². The van der Waals surface area contributed by atoms with Crippen LogP contribution in [0.2, 0.25) is 0 Å². The first-order chi connectivity index (χ1) is 9.47. The van der Waals surface area contributed by atoms with Crippen LogP contribution in [0.3, 0.4) is 0 Å². The minimum absolute atomic E-state index is 0.200. The van der Waals surface area contributed by atoms with E-state index in [9.17, 15) is 14.9 Å². The fraction of sp³-hybridized carbons (Fsp3) is 0.0714. The van der Waals surface area contributed by atoms with Gasteiger partial charge in [0.25, 0.3) is 0 Å². The molecule has 6 nitrogen and oxygen atoms in total. The number of hydrogen-bond acceptors (Lipinski definition) is 4. The summed E-state index contributed by atoms with van der Waals surface area (Å²) in [5, 5.41) is 19.1. The number of carbonyl (C=O) groups is 1. The molecule has 0 radical (unpaired) electrons. The van der Waals surface area contributed by atoms with Crippen molar-refractivity contribution in [1.29, 1.82) is 0 Å². The number of nitro groups is 1. The molecule has 1 heterocycles. The molecule has 0 aliphatic rings. The summed E-state index contributed by atoms with van der Waals surface area (Å²) in [5.74, 6) is -0.102. The number of furan rings is 1. The van der Waals surface area contributed by atoms with Gasteiger partial charge in [-0.25, -0.2) is 4.79 Å². The van der Waals surface area contributed by atoms with E-state index in [1.165, 1.54) is 12.1 Å². The topological polar surface area (TPSA) is 93.6 Å². The summed E-state index contributed by atoms with van der Waals surface area (Å²) in [7, 11) is 0. The van der Waals surface area contributed by atoms with Crippen LogP contribution in [0.25, 0.3) is 17.4 Å². The number of carboxylic acids is 1. The SMILES string of the molecule is Cc1cc(C(=O)O)ccc1-c1ccc(/C=C/[N+](=O)[O-])o1. The van der Waals surface area contributed by atoms with Gasteiger partial charge in [-0.1, -0.05) is 6.07 Å². The van der Waals surface area contributed by atoms with Crippen LogP contribution in [-0.2, 0) is 0 Å². The number of rotatable bonds is 4. The average Bonchev–Trinajstić information content (AvgIpc) is 2.84. The number of benzene rings is 1. The maximum Gasteiger partial charge on any atom is 0.335 e. The molecule has 0 bridgehead atoms. The molecule has 0 aliphatic heterocycles. The predicted molar refractivity (Wildman–Crippen MR) is 71.9 cm³/mol. The Hall–Kier alpha value is -2.89. The largest absolute Gasteiger partial charge is 0.478 e. The molecule has 0 fully saturated rings. The van der Waals surface area contributed by atoms with E-state index >= 15 is 0 Å². The molecule has 0 aliphatic carbocycles. The van der Waals surface area contributed by atoms with Crippen molar-refractivity contribution in [2.24, 2.45) is 0 Å². The second kappa shape index (κ2) is 5.40. The Balaban J connectivity index is 2.33. The number of aromatic carboxylic acids is 1. The van der Waals surface area contributed by atoms with Crippen LogP contribution in [0.5, 0.6) is 0 Å². The van der Waals surface area contributed by atoms with Crippen LogP contribution >= 0.6 is 0 Å². The smallest absolute Gasteiger partial charge is 0.335 e. The summed E-state index contributed by atoms with van der Waals surface area (Å²) in [5.41, 5.74) is 1.70. The summed E-state index contributed by atoms with van der Waals surface area (Å²) >= 11 is 0. The van der Waals surface area contributed by atoms with E-state index in [1.807, 2.05) is 0 Å². The average molecular weight is 273 g/mol. The van der Waals surface area contributed by atoms with Crippen molar-refractivity contribution in [2.75, 3.05) is 0 Å². The quantitative estimate of drug-likeness (QED) is 0.681. The Morgan fingerprint density at radius 3 is 2.70 bits per heavy atom. The van der Waals surface area contributed by atoms with Crippen molar-refractivity contribution < 1.29 is 19.2 Å². The summed E-state index contributed by atoms with van der Waals surface area (Å²) in [4.78, 5) is 20.5. The van der Waals surface area contributed by atoms with E-state index in [4.69, 9.17) is 9.52 Å². The number of hydrogen-bond donors (Lipinski definition) is 1. The molecule has 1 N–H and O–H groups in total. The molecule has 0 saturated carbocycles. The lowest BCUT2D eigenvalue weighted by Crippen LogP contribution is -1.96. The molecule has 0 amide bonds. The van der Waals surface area contributed by atoms with Crippen molar-refractivity contribution in [1.82, 2.24) is 0 Å². The Morgan fingerprint density at radius 2 is 2.10 bits per heavy atom. The first-order valence-corrected chi connectivity index (χ1v) is 5.73. The molecular weight excluding hydrogens is 262 g/mol. The third kappa shape index (κ3) is 2.92. The fourth-order valence-electron chi connectivity index (χ4n) is 1.79. The van der Waals surface area contributed by atoms with Crippen molar-refractivity contribution >= 4 is 12.0 Å². The van der Waals surface area contributed by atoms with E-state index < -0.39 is 10.9 Å². The minimum atomic E-state index is -0.992. The Morgan fingerprint density at radius 1 is 1.35 bits per heavy atom. The summed E-state index contributed by atoms with van der Waals surface area (Å²) < 4.78 is 5.46. The summed E-state index contributed by atoms with van der Waals surface area (Å²) in [6.45, 7) is 1.77. The van der Waals surface area contributed by atoms with Gasteiger partial charge >= 0.3 is 5.97 Å². The van der Waals surface area contributed by atoms with Crippen LogP contribution in [0.1, 0.15) is 21.7 Å². The van der Waals surface area contributed by atoms with Crippen LogP contribution in [0.4, 0.5) is 0 Å². The molecule has 1 aromatic heterocycles. The fourth-order valence-corrected chi connectivity index (χ4v) is 1.79. The van der Waals surface area contributed by atoms with Gasteiger partial charge in [0.2, 0.25) is 6.20 Å². The van der Waals surface area contributed by atoms with Gasteiger partial charge in [-0.3, -0.25) is 10.1 Å². The van der Waals surface area contributed by atoms with Gasteiger partial charge in [-0.15, -0.1) is 0 Å². The highest BCUT2D eigenvalue weighted by molar-refractivity contribution is 5.88. The molecule has 0 saturated heterocycles. The molecule has 0 spiro atoms. The monoisotopic (exact) mass is 273 g/mol. The van der Waals surface area contributed by atoms with Crippen molar-refractivity contribution in [3.63, 3.8) is 0 Å².